The van der Waals surface area contributed by atoms with Crippen molar-refractivity contribution in [1.29, 1.82) is 0 Å². The molecular formula is C17H20N4O4. The van der Waals surface area contributed by atoms with Gasteiger partial charge in [-0.05, 0) is 25.8 Å². The zero-order valence-electron chi connectivity index (χ0n) is 13.9. The first-order valence-corrected chi connectivity index (χ1v) is 8.27. The number of nitro groups is 1. The number of hydrogen-bond acceptors (Lipinski definition) is 5. The van der Waals surface area contributed by atoms with E-state index in [9.17, 15) is 14.9 Å². The second kappa shape index (κ2) is 7.43. The molecule has 8 nitrogen and oxygen atoms in total. The topological polar surface area (TPSA) is 99.3 Å². The third-order valence-corrected chi connectivity index (χ3v) is 4.26. The number of nitrogens with one attached hydrogen (secondary N) is 1. The Balaban J connectivity index is 1.76. The minimum atomic E-state index is -0.511. The fraction of sp³-hybridized carbons (Fsp3) is 0.412. The molecule has 2 atom stereocenters. The van der Waals surface area contributed by atoms with E-state index in [0.29, 0.717) is 6.61 Å². The van der Waals surface area contributed by atoms with Gasteiger partial charge in [0.25, 0.3) is 11.6 Å². The Morgan fingerprint density at radius 1 is 1.52 bits per heavy atom. The number of aryl methyl sites for hydroxylation is 1. The molecule has 1 amide bonds. The standard InChI is InChI=1S/C17H20N4O4/c1-2-20-11-13(10-18-20)16-15(7-4-8-25-16)19-17(22)12-5-3-6-14(9-12)21(23)24/h3,5-6,9-11,15-16H,2,4,7-8H2,1H3,(H,19,22)/t15-,16+/m0/s1. The zero-order valence-corrected chi connectivity index (χ0v) is 13.9. The summed E-state index contributed by atoms with van der Waals surface area (Å²) >= 11 is 0. The molecule has 0 bridgehead atoms. The smallest absolute Gasteiger partial charge is 0.270 e. The SMILES string of the molecule is CCn1cc([C@H]2OCCC[C@@H]2NC(=O)c2cccc([N+](=O)[O-])c2)cn1. The number of amides is 1. The van der Waals surface area contributed by atoms with Gasteiger partial charge >= 0.3 is 0 Å². The van der Waals surface area contributed by atoms with Crippen LogP contribution in [0.1, 0.15) is 41.8 Å². The van der Waals surface area contributed by atoms with Gasteiger partial charge in [0, 0.05) is 42.6 Å². The van der Waals surface area contributed by atoms with Gasteiger partial charge in [-0.1, -0.05) is 6.07 Å². The van der Waals surface area contributed by atoms with E-state index in [4.69, 9.17) is 4.74 Å². The maximum absolute atomic E-state index is 12.5. The first kappa shape index (κ1) is 17.1. The molecule has 3 rings (SSSR count). The Bertz CT molecular complexity index is 774. The predicted octanol–water partition coefficient (Wildman–Crippen LogP) is 2.46. The normalized spacial score (nSPS) is 20.2. The minimum absolute atomic E-state index is 0.103. The van der Waals surface area contributed by atoms with Crippen LogP contribution >= 0.6 is 0 Å². The molecule has 1 aliphatic heterocycles. The maximum atomic E-state index is 12.5. The van der Waals surface area contributed by atoms with E-state index < -0.39 is 4.92 Å². The van der Waals surface area contributed by atoms with Crippen molar-refractivity contribution in [1.82, 2.24) is 15.1 Å². The zero-order chi connectivity index (χ0) is 17.8. The molecule has 0 spiro atoms. The molecule has 0 aliphatic carbocycles. The molecule has 1 N–H and O–H groups in total. The van der Waals surface area contributed by atoms with Gasteiger partial charge in [0.05, 0.1) is 17.2 Å². The van der Waals surface area contributed by atoms with E-state index >= 15 is 0 Å². The molecule has 2 heterocycles. The number of hydrogen-bond donors (Lipinski definition) is 1. The van der Waals surface area contributed by atoms with Crippen LogP contribution in [0, 0.1) is 10.1 Å². The van der Waals surface area contributed by atoms with Crippen molar-refractivity contribution in [3.8, 4) is 0 Å². The Morgan fingerprint density at radius 3 is 3.08 bits per heavy atom. The molecule has 2 aromatic rings. The number of nitrogens with zero attached hydrogens (tertiary/aromatic N) is 3. The lowest BCUT2D eigenvalue weighted by molar-refractivity contribution is -0.384. The highest BCUT2D eigenvalue weighted by Gasteiger charge is 2.30. The van der Waals surface area contributed by atoms with Crippen molar-refractivity contribution in [3.05, 3.63) is 57.9 Å². The number of aromatic nitrogens is 2. The lowest BCUT2D eigenvalue weighted by Gasteiger charge is -2.31. The first-order chi connectivity index (χ1) is 12.1. The highest BCUT2D eigenvalue weighted by molar-refractivity contribution is 5.95. The molecule has 132 valence electrons. The number of rotatable bonds is 5. The highest BCUT2D eigenvalue weighted by atomic mass is 16.6. The van der Waals surface area contributed by atoms with Gasteiger partial charge in [0.2, 0.25) is 0 Å². The summed E-state index contributed by atoms with van der Waals surface area (Å²) in [6.45, 7) is 3.39. The molecule has 0 unspecified atom stereocenters. The van der Waals surface area contributed by atoms with Crippen molar-refractivity contribution < 1.29 is 14.5 Å². The summed E-state index contributed by atoms with van der Waals surface area (Å²) in [5, 5.41) is 18.1. The van der Waals surface area contributed by atoms with Crippen molar-refractivity contribution in [3.63, 3.8) is 0 Å². The third kappa shape index (κ3) is 3.85. The number of benzene rings is 1. The molecule has 8 heteroatoms. The maximum Gasteiger partial charge on any atom is 0.270 e. The summed E-state index contributed by atoms with van der Waals surface area (Å²) in [6, 6.07) is 5.52. The van der Waals surface area contributed by atoms with Gasteiger partial charge in [-0.25, -0.2) is 0 Å². The largest absolute Gasteiger partial charge is 0.371 e. The van der Waals surface area contributed by atoms with Gasteiger partial charge in [0.1, 0.15) is 6.10 Å². The van der Waals surface area contributed by atoms with Crippen LogP contribution in [0.2, 0.25) is 0 Å². The van der Waals surface area contributed by atoms with Crippen LogP contribution in [0.25, 0.3) is 0 Å². The predicted molar refractivity (Wildman–Crippen MR) is 90.2 cm³/mol. The van der Waals surface area contributed by atoms with E-state index in [1.165, 1.54) is 18.2 Å². The minimum Gasteiger partial charge on any atom is -0.371 e. The quantitative estimate of drug-likeness (QED) is 0.663. The van der Waals surface area contributed by atoms with E-state index in [2.05, 4.69) is 10.4 Å². The number of nitro benzene ring substituents is 1. The van der Waals surface area contributed by atoms with Crippen molar-refractivity contribution in [2.45, 2.75) is 38.5 Å². The van der Waals surface area contributed by atoms with Crippen molar-refractivity contribution in [2.75, 3.05) is 6.61 Å². The Morgan fingerprint density at radius 2 is 2.36 bits per heavy atom. The molecule has 25 heavy (non-hydrogen) atoms. The van der Waals surface area contributed by atoms with E-state index in [0.717, 1.165) is 24.9 Å². The molecular weight excluding hydrogens is 324 g/mol. The molecule has 0 radical (unpaired) electrons. The van der Waals surface area contributed by atoms with Crippen LogP contribution in [0.5, 0.6) is 0 Å². The van der Waals surface area contributed by atoms with E-state index in [1.54, 1.807) is 12.3 Å². The molecule has 1 aromatic heterocycles. The molecule has 1 saturated heterocycles. The number of carbonyl (C=O) groups is 1. The van der Waals surface area contributed by atoms with Gasteiger partial charge in [-0.3, -0.25) is 19.6 Å². The lowest BCUT2D eigenvalue weighted by atomic mass is 9.97. The average Bonchev–Trinajstić information content (AvgIpc) is 3.11. The summed E-state index contributed by atoms with van der Waals surface area (Å²) < 4.78 is 7.67. The third-order valence-electron chi connectivity index (χ3n) is 4.26. The van der Waals surface area contributed by atoms with Gasteiger partial charge in [-0.15, -0.1) is 0 Å². The van der Waals surface area contributed by atoms with Crippen LogP contribution in [-0.2, 0) is 11.3 Å². The van der Waals surface area contributed by atoms with E-state index in [1.807, 2.05) is 17.8 Å². The van der Waals surface area contributed by atoms with Crippen molar-refractivity contribution in [2.24, 2.45) is 0 Å². The first-order valence-electron chi connectivity index (χ1n) is 8.27. The summed E-state index contributed by atoms with van der Waals surface area (Å²) in [7, 11) is 0. The van der Waals surface area contributed by atoms with Gasteiger partial charge < -0.3 is 10.1 Å². The summed E-state index contributed by atoms with van der Waals surface area (Å²) in [6.07, 6.45) is 5.03. The van der Waals surface area contributed by atoms with Gasteiger partial charge in [-0.2, -0.15) is 5.10 Å². The molecule has 0 saturated carbocycles. The van der Waals surface area contributed by atoms with Crippen LogP contribution in [0.15, 0.2) is 36.7 Å². The van der Waals surface area contributed by atoms with Crippen molar-refractivity contribution >= 4 is 11.6 Å². The fourth-order valence-corrected chi connectivity index (χ4v) is 2.97. The average molecular weight is 344 g/mol. The number of carbonyl (C=O) groups excluding carboxylic acids is 1. The highest BCUT2D eigenvalue weighted by Crippen LogP contribution is 2.28. The monoisotopic (exact) mass is 344 g/mol. The fourth-order valence-electron chi connectivity index (χ4n) is 2.97. The molecule has 1 aliphatic rings. The van der Waals surface area contributed by atoms with Crippen LogP contribution in [-0.4, -0.2) is 33.3 Å². The summed E-state index contributed by atoms with van der Waals surface area (Å²) in [5.41, 5.74) is 1.09. The van der Waals surface area contributed by atoms with Gasteiger partial charge in [0.15, 0.2) is 0 Å². The second-order valence-corrected chi connectivity index (χ2v) is 5.95. The van der Waals surface area contributed by atoms with Crippen LogP contribution in [0.3, 0.4) is 0 Å². The number of non-ortho nitro benzene ring substituents is 1. The van der Waals surface area contributed by atoms with E-state index in [-0.39, 0.29) is 29.3 Å². The lowest BCUT2D eigenvalue weighted by Crippen LogP contribution is -2.42. The Kier molecular flexibility index (Phi) is 5.08. The molecule has 1 fully saturated rings. The Labute approximate surface area is 144 Å². The second-order valence-electron chi connectivity index (χ2n) is 5.95. The summed E-state index contributed by atoms with van der Waals surface area (Å²) in [5.74, 6) is -0.341. The number of ether oxygens (including phenoxy) is 1. The van der Waals surface area contributed by atoms with Crippen LogP contribution < -0.4 is 5.32 Å². The Hall–Kier alpha value is -2.74. The summed E-state index contributed by atoms with van der Waals surface area (Å²) in [4.78, 5) is 22.9. The molecule has 1 aromatic carbocycles. The van der Waals surface area contributed by atoms with Crippen LogP contribution in [0.4, 0.5) is 5.69 Å².